The molecule has 1 aromatic carbocycles. The summed E-state index contributed by atoms with van der Waals surface area (Å²) in [5, 5.41) is 3.19. The van der Waals surface area contributed by atoms with Crippen molar-refractivity contribution in [1.82, 2.24) is 9.97 Å². The third kappa shape index (κ3) is 5.16. The first-order valence-corrected chi connectivity index (χ1v) is 13.8. The van der Waals surface area contributed by atoms with Crippen molar-refractivity contribution in [3.63, 3.8) is 0 Å². The normalized spacial score (nSPS) is 17.5. The fourth-order valence-corrected chi connectivity index (χ4v) is 7.71. The lowest BCUT2D eigenvalue weighted by molar-refractivity contribution is 0.146. The number of benzene rings is 1. The lowest BCUT2D eigenvalue weighted by Crippen LogP contribution is -2.31. The van der Waals surface area contributed by atoms with Gasteiger partial charge in [0, 0.05) is 48.5 Å². The van der Waals surface area contributed by atoms with Crippen LogP contribution in [0.15, 0.2) is 52.6 Å². The number of thioether (sulfide) groups is 2. The molecule has 0 unspecified atom stereocenters. The molecular weight excluding hydrogens is 472 g/mol. The van der Waals surface area contributed by atoms with Crippen molar-refractivity contribution in [2.24, 2.45) is 4.99 Å². The van der Waals surface area contributed by atoms with Crippen LogP contribution in [0.4, 0.5) is 5.69 Å². The summed E-state index contributed by atoms with van der Waals surface area (Å²) >= 11 is 5.63. The standard InChI is InChI=1S/C24H28N4O2S3/c1-28(33-21-5-3-4-8-25-21)20-15-18(30-10-9-29-2)13-17-14-19(27-22(17)20)23-26-16-24(32-23)6-11-31-12-7-24/h3-5,8,13-15,27H,6-7,9-12,16H2,1-2H3. The van der Waals surface area contributed by atoms with Gasteiger partial charge < -0.3 is 18.8 Å². The summed E-state index contributed by atoms with van der Waals surface area (Å²) < 4.78 is 13.6. The van der Waals surface area contributed by atoms with Gasteiger partial charge >= 0.3 is 0 Å². The van der Waals surface area contributed by atoms with Crippen molar-refractivity contribution >= 4 is 57.1 Å². The van der Waals surface area contributed by atoms with Crippen LogP contribution in [-0.4, -0.2) is 65.2 Å². The van der Waals surface area contributed by atoms with E-state index in [-0.39, 0.29) is 0 Å². The fourth-order valence-electron chi connectivity index (χ4n) is 4.11. The molecule has 9 heteroatoms. The number of hydrogen-bond donors (Lipinski definition) is 1. The number of hydrogen-bond acceptors (Lipinski definition) is 8. The molecule has 2 aliphatic heterocycles. The Bertz CT molecular complexity index is 1130. The first-order chi connectivity index (χ1) is 16.2. The quantitative estimate of drug-likeness (QED) is 0.324. The molecule has 6 nitrogen and oxygen atoms in total. The van der Waals surface area contributed by atoms with Gasteiger partial charge in [-0.05, 0) is 48.6 Å². The highest BCUT2D eigenvalue weighted by atomic mass is 32.2. The summed E-state index contributed by atoms with van der Waals surface area (Å²) in [6.45, 7) is 1.99. The van der Waals surface area contributed by atoms with Crippen LogP contribution in [0.2, 0.25) is 0 Å². The topological polar surface area (TPSA) is 62.7 Å². The van der Waals surface area contributed by atoms with Crippen molar-refractivity contribution in [2.75, 3.05) is 49.7 Å². The number of aliphatic imine (C=N–C) groups is 1. The molecule has 1 fully saturated rings. The molecule has 1 saturated heterocycles. The molecule has 0 aliphatic carbocycles. The maximum absolute atomic E-state index is 5.99. The van der Waals surface area contributed by atoms with Crippen molar-refractivity contribution in [3.8, 4) is 5.75 Å². The average molecular weight is 501 g/mol. The van der Waals surface area contributed by atoms with Gasteiger partial charge in [-0.1, -0.05) is 17.8 Å². The van der Waals surface area contributed by atoms with Gasteiger partial charge in [-0.25, -0.2) is 4.98 Å². The van der Waals surface area contributed by atoms with Crippen molar-refractivity contribution < 1.29 is 9.47 Å². The summed E-state index contributed by atoms with van der Waals surface area (Å²) in [6, 6.07) is 12.3. The second-order valence-corrected chi connectivity index (χ2v) is 12.0. The zero-order valence-electron chi connectivity index (χ0n) is 18.9. The molecule has 5 rings (SSSR count). The predicted octanol–water partition coefficient (Wildman–Crippen LogP) is 5.49. The molecule has 0 bridgehead atoms. The van der Waals surface area contributed by atoms with Crippen LogP contribution in [0.5, 0.6) is 5.75 Å². The van der Waals surface area contributed by atoms with E-state index in [1.165, 1.54) is 24.3 Å². The molecular formula is C24H28N4O2S3. The summed E-state index contributed by atoms with van der Waals surface area (Å²) in [4.78, 5) is 13.1. The van der Waals surface area contributed by atoms with Crippen molar-refractivity contribution in [2.45, 2.75) is 22.6 Å². The highest BCUT2D eigenvalue weighted by Gasteiger charge is 2.39. The summed E-state index contributed by atoms with van der Waals surface area (Å²) in [7, 11) is 3.75. The SMILES string of the molecule is COCCOc1cc(N(C)Sc2ccccn2)c2[nH]c(C3=NCC4(CCSCC4)S3)cc2c1. The molecule has 174 valence electrons. The van der Waals surface area contributed by atoms with Gasteiger partial charge in [0.25, 0.3) is 0 Å². The van der Waals surface area contributed by atoms with E-state index in [1.54, 1.807) is 19.1 Å². The monoisotopic (exact) mass is 500 g/mol. The molecule has 33 heavy (non-hydrogen) atoms. The van der Waals surface area contributed by atoms with Gasteiger partial charge in [-0.2, -0.15) is 11.8 Å². The Hall–Kier alpha value is -1.81. The molecule has 2 aliphatic rings. The van der Waals surface area contributed by atoms with Crippen LogP contribution >= 0.6 is 35.5 Å². The minimum absolute atomic E-state index is 0.292. The number of ether oxygens (including phenoxy) is 2. The predicted molar refractivity (Wildman–Crippen MR) is 142 cm³/mol. The van der Waals surface area contributed by atoms with Crippen molar-refractivity contribution in [3.05, 3.63) is 48.3 Å². The third-order valence-electron chi connectivity index (χ3n) is 5.90. The van der Waals surface area contributed by atoms with Gasteiger partial charge in [0.2, 0.25) is 0 Å². The number of anilines is 1. The highest BCUT2D eigenvalue weighted by molar-refractivity contribution is 8.16. The number of fused-ring (bicyclic) bond motifs is 1. The van der Waals surface area contributed by atoms with E-state index < -0.39 is 0 Å². The first-order valence-electron chi connectivity index (χ1n) is 11.1. The number of aromatic amines is 1. The Morgan fingerprint density at radius 3 is 2.85 bits per heavy atom. The molecule has 0 saturated carbocycles. The van der Waals surface area contributed by atoms with Crippen LogP contribution in [0.3, 0.4) is 0 Å². The molecule has 0 atom stereocenters. The Balaban J connectivity index is 1.46. The van der Waals surface area contributed by atoms with Crippen molar-refractivity contribution in [1.29, 1.82) is 0 Å². The number of aromatic nitrogens is 2. The van der Waals surface area contributed by atoms with E-state index >= 15 is 0 Å². The zero-order chi connectivity index (χ0) is 22.7. The number of nitrogens with zero attached hydrogens (tertiary/aromatic N) is 3. The fraction of sp³-hybridized carbons (Fsp3) is 0.417. The van der Waals surface area contributed by atoms with E-state index in [4.69, 9.17) is 14.5 Å². The Morgan fingerprint density at radius 2 is 2.06 bits per heavy atom. The van der Waals surface area contributed by atoms with Crippen LogP contribution < -0.4 is 9.04 Å². The number of rotatable bonds is 8. The molecule has 4 heterocycles. The lowest BCUT2D eigenvalue weighted by Gasteiger charge is -2.30. The van der Waals surface area contributed by atoms with Crippen LogP contribution in [0.25, 0.3) is 10.9 Å². The molecule has 1 N–H and O–H groups in total. The van der Waals surface area contributed by atoms with Gasteiger partial charge in [-0.15, -0.1) is 0 Å². The number of H-pyrrole nitrogens is 1. The van der Waals surface area contributed by atoms with Crippen LogP contribution in [-0.2, 0) is 4.74 Å². The third-order valence-corrected chi connectivity index (χ3v) is 9.30. The van der Waals surface area contributed by atoms with Gasteiger partial charge in [-0.3, -0.25) is 4.99 Å². The van der Waals surface area contributed by atoms with E-state index in [0.29, 0.717) is 18.0 Å². The molecule has 0 amide bonds. The number of methoxy groups -OCH3 is 1. The first kappa shape index (κ1) is 23.0. The van der Waals surface area contributed by atoms with Gasteiger partial charge in [0.15, 0.2) is 0 Å². The lowest BCUT2D eigenvalue weighted by atomic mass is 10.0. The summed E-state index contributed by atoms with van der Waals surface area (Å²) in [5.74, 6) is 3.31. The van der Waals surface area contributed by atoms with E-state index in [2.05, 4.69) is 51.3 Å². The molecule has 1 spiro atoms. The molecule has 3 aromatic rings. The zero-order valence-corrected chi connectivity index (χ0v) is 21.3. The number of pyridine rings is 1. The van der Waals surface area contributed by atoms with Gasteiger partial charge in [0.05, 0.1) is 30.0 Å². The second kappa shape index (κ2) is 10.2. The van der Waals surface area contributed by atoms with Crippen LogP contribution in [0.1, 0.15) is 18.5 Å². The Morgan fingerprint density at radius 1 is 1.18 bits per heavy atom. The van der Waals surface area contributed by atoms with Gasteiger partial charge in [0.1, 0.15) is 22.4 Å². The highest BCUT2D eigenvalue weighted by Crippen LogP contribution is 2.45. The van der Waals surface area contributed by atoms with E-state index in [0.717, 1.165) is 44.6 Å². The maximum Gasteiger partial charge on any atom is 0.122 e. The van der Waals surface area contributed by atoms with E-state index in [1.807, 2.05) is 36.2 Å². The minimum Gasteiger partial charge on any atom is -0.491 e. The smallest absolute Gasteiger partial charge is 0.122 e. The number of nitrogens with one attached hydrogen (secondary N) is 1. The van der Waals surface area contributed by atoms with E-state index in [9.17, 15) is 0 Å². The Labute approximate surface area is 207 Å². The largest absolute Gasteiger partial charge is 0.491 e. The van der Waals surface area contributed by atoms with Crippen LogP contribution in [0, 0.1) is 0 Å². The average Bonchev–Trinajstić information content (AvgIpc) is 3.44. The summed E-state index contributed by atoms with van der Waals surface area (Å²) in [5.41, 5.74) is 3.23. The molecule has 2 aromatic heterocycles. The summed E-state index contributed by atoms with van der Waals surface area (Å²) in [6.07, 6.45) is 4.29. The molecule has 0 radical (unpaired) electrons. The Kier molecular flexibility index (Phi) is 7.10. The second-order valence-electron chi connectivity index (χ2n) is 8.21. The maximum atomic E-state index is 5.99. The minimum atomic E-state index is 0.292.